The minimum absolute atomic E-state index is 0.0101. The molecule has 1 rings (SSSR count). The third-order valence-electron chi connectivity index (χ3n) is 2.44. The van der Waals surface area contributed by atoms with Gasteiger partial charge in [-0.05, 0) is 20.8 Å². The van der Waals surface area contributed by atoms with E-state index in [-0.39, 0.29) is 11.6 Å². The van der Waals surface area contributed by atoms with Gasteiger partial charge >= 0.3 is 6.03 Å². The molecule has 1 aliphatic rings. The standard InChI is InChI=1S/C11H20N4O/c1-11(2,3)13-10(16)15-8-6-14(5-4-12)7-9-15/h5-9H2,1-3H3,(H,13,16). The number of hydrogen-bond donors (Lipinski definition) is 1. The first-order valence-electron chi connectivity index (χ1n) is 5.59. The average Bonchev–Trinajstić information content (AvgIpc) is 2.16. The van der Waals surface area contributed by atoms with Crippen molar-refractivity contribution in [1.82, 2.24) is 15.1 Å². The SMILES string of the molecule is CC(C)(C)NC(=O)N1CCN(CC#N)CC1. The van der Waals surface area contributed by atoms with Gasteiger partial charge in [-0.2, -0.15) is 5.26 Å². The second kappa shape index (κ2) is 5.17. The van der Waals surface area contributed by atoms with E-state index < -0.39 is 0 Å². The number of nitrogens with zero attached hydrogens (tertiary/aromatic N) is 3. The van der Waals surface area contributed by atoms with Gasteiger partial charge in [-0.15, -0.1) is 0 Å². The van der Waals surface area contributed by atoms with Crippen LogP contribution in [0.15, 0.2) is 0 Å². The van der Waals surface area contributed by atoms with E-state index in [9.17, 15) is 4.79 Å². The van der Waals surface area contributed by atoms with E-state index in [4.69, 9.17) is 5.26 Å². The lowest BCUT2D eigenvalue weighted by atomic mass is 10.1. The molecular formula is C11H20N4O. The van der Waals surface area contributed by atoms with Crippen molar-refractivity contribution in [2.24, 2.45) is 0 Å². The van der Waals surface area contributed by atoms with Crippen molar-refractivity contribution >= 4 is 6.03 Å². The Morgan fingerprint density at radius 1 is 1.31 bits per heavy atom. The lowest BCUT2D eigenvalue weighted by Crippen LogP contribution is -2.55. The predicted molar refractivity (Wildman–Crippen MR) is 61.9 cm³/mol. The van der Waals surface area contributed by atoms with Crippen molar-refractivity contribution in [3.63, 3.8) is 0 Å². The summed E-state index contributed by atoms with van der Waals surface area (Å²) in [6, 6.07) is 2.12. The van der Waals surface area contributed by atoms with Crippen molar-refractivity contribution in [2.45, 2.75) is 26.3 Å². The van der Waals surface area contributed by atoms with E-state index >= 15 is 0 Å². The molecule has 0 aromatic heterocycles. The van der Waals surface area contributed by atoms with Crippen molar-refractivity contribution in [1.29, 1.82) is 5.26 Å². The molecule has 0 atom stereocenters. The fourth-order valence-corrected chi connectivity index (χ4v) is 1.61. The number of nitriles is 1. The van der Waals surface area contributed by atoms with Crippen LogP contribution in [0.3, 0.4) is 0 Å². The lowest BCUT2D eigenvalue weighted by molar-refractivity contribution is 0.142. The van der Waals surface area contributed by atoms with E-state index in [0.717, 1.165) is 13.1 Å². The van der Waals surface area contributed by atoms with Crippen LogP contribution >= 0.6 is 0 Å². The quantitative estimate of drug-likeness (QED) is 0.665. The van der Waals surface area contributed by atoms with E-state index in [0.29, 0.717) is 19.6 Å². The number of amides is 2. The van der Waals surface area contributed by atoms with Crippen molar-refractivity contribution < 1.29 is 4.79 Å². The molecule has 0 spiro atoms. The highest BCUT2D eigenvalue weighted by atomic mass is 16.2. The average molecular weight is 224 g/mol. The molecule has 0 saturated carbocycles. The zero-order valence-corrected chi connectivity index (χ0v) is 10.3. The van der Waals surface area contributed by atoms with Gasteiger partial charge < -0.3 is 10.2 Å². The first kappa shape index (κ1) is 12.8. The summed E-state index contributed by atoms with van der Waals surface area (Å²) in [5.74, 6) is 0. The number of rotatable bonds is 1. The lowest BCUT2D eigenvalue weighted by Gasteiger charge is -2.35. The molecular weight excluding hydrogens is 204 g/mol. The van der Waals surface area contributed by atoms with Crippen LogP contribution in [0.25, 0.3) is 0 Å². The molecule has 0 radical (unpaired) electrons. The number of nitrogens with one attached hydrogen (secondary N) is 1. The van der Waals surface area contributed by atoms with Crippen LogP contribution in [-0.2, 0) is 0 Å². The smallest absolute Gasteiger partial charge is 0.317 e. The molecule has 5 nitrogen and oxygen atoms in total. The Balaban J connectivity index is 2.37. The number of carbonyl (C=O) groups is 1. The molecule has 16 heavy (non-hydrogen) atoms. The van der Waals surface area contributed by atoms with Gasteiger partial charge in [0.25, 0.3) is 0 Å². The number of piperazine rings is 1. The molecule has 1 heterocycles. The number of hydrogen-bond acceptors (Lipinski definition) is 3. The topological polar surface area (TPSA) is 59.4 Å². The van der Waals surface area contributed by atoms with Crippen LogP contribution < -0.4 is 5.32 Å². The van der Waals surface area contributed by atoms with E-state index in [2.05, 4.69) is 16.3 Å². The molecule has 5 heteroatoms. The summed E-state index contributed by atoms with van der Waals surface area (Å²) in [5.41, 5.74) is -0.194. The fourth-order valence-electron chi connectivity index (χ4n) is 1.61. The third-order valence-corrected chi connectivity index (χ3v) is 2.44. The van der Waals surface area contributed by atoms with E-state index in [1.54, 1.807) is 4.90 Å². The summed E-state index contributed by atoms with van der Waals surface area (Å²) in [5, 5.41) is 11.5. The Bertz CT molecular complexity index is 281. The summed E-state index contributed by atoms with van der Waals surface area (Å²) < 4.78 is 0. The molecule has 1 aliphatic heterocycles. The van der Waals surface area contributed by atoms with Crippen molar-refractivity contribution in [2.75, 3.05) is 32.7 Å². The molecule has 0 aromatic carbocycles. The zero-order chi connectivity index (χ0) is 12.2. The van der Waals surface area contributed by atoms with Gasteiger partial charge in [-0.3, -0.25) is 4.90 Å². The summed E-state index contributed by atoms with van der Waals surface area (Å²) in [7, 11) is 0. The summed E-state index contributed by atoms with van der Waals surface area (Å²) in [4.78, 5) is 15.7. The Hall–Kier alpha value is -1.28. The maximum absolute atomic E-state index is 11.8. The van der Waals surface area contributed by atoms with Crippen LogP contribution in [0.4, 0.5) is 4.79 Å². The van der Waals surface area contributed by atoms with Crippen molar-refractivity contribution in [3.05, 3.63) is 0 Å². The van der Waals surface area contributed by atoms with Gasteiger partial charge in [0, 0.05) is 31.7 Å². The van der Waals surface area contributed by atoms with Gasteiger partial charge in [0.15, 0.2) is 0 Å². The third kappa shape index (κ3) is 4.07. The molecule has 90 valence electrons. The van der Waals surface area contributed by atoms with Gasteiger partial charge in [0.1, 0.15) is 0 Å². The van der Waals surface area contributed by atoms with Crippen molar-refractivity contribution in [3.8, 4) is 6.07 Å². The van der Waals surface area contributed by atoms with Crippen LogP contribution in [0.2, 0.25) is 0 Å². The molecule has 1 N–H and O–H groups in total. The fraction of sp³-hybridized carbons (Fsp3) is 0.818. The normalized spacial score (nSPS) is 18.0. The summed E-state index contributed by atoms with van der Waals surface area (Å²) >= 11 is 0. The van der Waals surface area contributed by atoms with Gasteiger partial charge in [0.05, 0.1) is 12.6 Å². The van der Waals surface area contributed by atoms with Gasteiger partial charge in [0.2, 0.25) is 0 Å². The molecule has 0 bridgehead atoms. The monoisotopic (exact) mass is 224 g/mol. The molecule has 0 aromatic rings. The number of carbonyl (C=O) groups excluding carboxylic acids is 1. The Morgan fingerprint density at radius 3 is 2.31 bits per heavy atom. The highest BCUT2D eigenvalue weighted by Gasteiger charge is 2.23. The molecule has 0 unspecified atom stereocenters. The minimum atomic E-state index is -0.194. The summed E-state index contributed by atoms with van der Waals surface area (Å²) in [6.07, 6.45) is 0. The minimum Gasteiger partial charge on any atom is -0.333 e. The predicted octanol–water partition coefficient (Wildman–Crippen LogP) is 0.636. The Morgan fingerprint density at radius 2 is 1.88 bits per heavy atom. The molecule has 0 aliphatic carbocycles. The first-order valence-corrected chi connectivity index (χ1v) is 5.59. The number of urea groups is 1. The van der Waals surface area contributed by atoms with Crippen LogP contribution in [-0.4, -0.2) is 54.1 Å². The van der Waals surface area contributed by atoms with Crippen LogP contribution in [0.5, 0.6) is 0 Å². The molecule has 2 amide bonds. The van der Waals surface area contributed by atoms with Crippen LogP contribution in [0.1, 0.15) is 20.8 Å². The summed E-state index contributed by atoms with van der Waals surface area (Å²) in [6.45, 7) is 9.32. The molecule has 1 saturated heterocycles. The van der Waals surface area contributed by atoms with Crippen LogP contribution in [0, 0.1) is 11.3 Å². The highest BCUT2D eigenvalue weighted by molar-refractivity contribution is 5.75. The maximum atomic E-state index is 11.8. The van der Waals surface area contributed by atoms with E-state index in [1.807, 2.05) is 20.8 Å². The second-order valence-electron chi connectivity index (χ2n) is 5.10. The Labute approximate surface area is 97.0 Å². The highest BCUT2D eigenvalue weighted by Crippen LogP contribution is 2.05. The zero-order valence-electron chi connectivity index (χ0n) is 10.3. The molecule has 1 fully saturated rings. The van der Waals surface area contributed by atoms with E-state index in [1.165, 1.54) is 0 Å². The second-order valence-corrected chi connectivity index (χ2v) is 5.10. The van der Waals surface area contributed by atoms with Gasteiger partial charge in [-0.25, -0.2) is 4.79 Å². The Kier molecular flexibility index (Phi) is 4.13. The maximum Gasteiger partial charge on any atom is 0.317 e. The largest absolute Gasteiger partial charge is 0.333 e. The van der Waals surface area contributed by atoms with Gasteiger partial charge in [-0.1, -0.05) is 0 Å². The first-order chi connectivity index (χ1) is 7.42.